The topological polar surface area (TPSA) is 82.4 Å². The van der Waals surface area contributed by atoms with E-state index in [1.807, 2.05) is 40.5 Å². The minimum Gasteiger partial charge on any atom is -0.484 e. The number of carbonyl (C=O) groups excluding carboxylic acids is 1. The number of likely N-dealkylation sites (tertiary alicyclic amines) is 1. The highest BCUT2D eigenvalue weighted by atomic mass is 32.1. The number of tetrazole rings is 1. The Kier molecular flexibility index (Phi) is 4.76. The van der Waals surface area contributed by atoms with Crippen LogP contribution < -0.4 is 4.74 Å². The fourth-order valence-corrected chi connectivity index (χ4v) is 5.05. The van der Waals surface area contributed by atoms with Gasteiger partial charge in [-0.15, -0.1) is 16.4 Å². The predicted molar refractivity (Wildman–Crippen MR) is 106 cm³/mol. The number of aromatic nitrogens is 4. The molecule has 0 N–H and O–H groups in total. The highest BCUT2D eigenvalue weighted by Crippen LogP contribution is 2.43. The normalized spacial score (nSPS) is 17.9. The Bertz CT molecular complexity index is 978. The number of carbonyl (C=O) groups is 1. The lowest BCUT2D eigenvalue weighted by atomic mass is 9.82. The van der Waals surface area contributed by atoms with E-state index in [9.17, 15) is 4.79 Å². The molecule has 5 rings (SSSR count). The molecule has 3 aromatic rings. The second-order valence-corrected chi connectivity index (χ2v) is 8.27. The summed E-state index contributed by atoms with van der Waals surface area (Å²) >= 11 is 1.81. The van der Waals surface area contributed by atoms with Gasteiger partial charge in [-0.2, -0.15) is 0 Å². The first kappa shape index (κ1) is 18.3. The molecule has 150 valence electrons. The molecule has 0 aliphatic carbocycles. The van der Waals surface area contributed by atoms with Crippen LogP contribution in [0.2, 0.25) is 0 Å². The maximum Gasteiger partial charge on any atom is 0.260 e. The molecule has 0 bridgehead atoms. The van der Waals surface area contributed by atoms with Crippen LogP contribution in [-0.4, -0.2) is 57.3 Å². The molecule has 8 nitrogen and oxygen atoms in total. The lowest BCUT2D eigenvalue weighted by molar-refractivity contribution is -0.142. The van der Waals surface area contributed by atoms with Crippen LogP contribution >= 0.6 is 11.3 Å². The molecule has 0 atom stereocenters. The lowest BCUT2D eigenvalue weighted by Gasteiger charge is -2.44. The van der Waals surface area contributed by atoms with Crippen molar-refractivity contribution in [2.24, 2.45) is 0 Å². The van der Waals surface area contributed by atoms with Crippen molar-refractivity contribution in [1.82, 2.24) is 25.1 Å². The Labute approximate surface area is 172 Å². The van der Waals surface area contributed by atoms with Crippen LogP contribution in [0.1, 0.15) is 23.3 Å². The van der Waals surface area contributed by atoms with Gasteiger partial charge < -0.3 is 14.4 Å². The number of hydrogen-bond donors (Lipinski definition) is 0. The van der Waals surface area contributed by atoms with E-state index in [2.05, 4.69) is 27.0 Å². The molecule has 0 saturated carbocycles. The van der Waals surface area contributed by atoms with Crippen LogP contribution in [0.4, 0.5) is 0 Å². The maximum atomic E-state index is 12.6. The average molecular weight is 411 g/mol. The zero-order chi connectivity index (χ0) is 19.7. The molecular weight excluding hydrogens is 390 g/mol. The van der Waals surface area contributed by atoms with Crippen molar-refractivity contribution in [1.29, 1.82) is 0 Å². The van der Waals surface area contributed by atoms with Crippen molar-refractivity contribution in [2.45, 2.75) is 24.9 Å². The van der Waals surface area contributed by atoms with Crippen LogP contribution in [0.5, 0.6) is 5.75 Å². The quantitative estimate of drug-likeness (QED) is 0.655. The number of ether oxygens (including phenoxy) is 2. The Balaban J connectivity index is 1.16. The molecule has 0 unspecified atom stereocenters. The molecule has 1 spiro atoms. The van der Waals surface area contributed by atoms with Gasteiger partial charge in [0.2, 0.25) is 0 Å². The van der Waals surface area contributed by atoms with Gasteiger partial charge in [0.25, 0.3) is 5.91 Å². The molecule has 4 heterocycles. The predicted octanol–water partition coefficient (Wildman–Crippen LogP) is 2.19. The Morgan fingerprint density at radius 1 is 1.21 bits per heavy atom. The zero-order valence-electron chi connectivity index (χ0n) is 15.9. The highest BCUT2D eigenvalue weighted by molar-refractivity contribution is 7.10. The summed E-state index contributed by atoms with van der Waals surface area (Å²) in [5, 5.41) is 13.2. The second kappa shape index (κ2) is 7.57. The number of benzene rings is 1. The van der Waals surface area contributed by atoms with Crippen molar-refractivity contribution in [2.75, 3.05) is 26.3 Å². The number of thiophene rings is 1. The van der Waals surface area contributed by atoms with Crippen molar-refractivity contribution in [3.63, 3.8) is 0 Å². The Hall–Kier alpha value is -2.78. The van der Waals surface area contributed by atoms with Crippen LogP contribution in [0.25, 0.3) is 5.69 Å². The largest absolute Gasteiger partial charge is 0.484 e. The first-order valence-corrected chi connectivity index (χ1v) is 10.6. The van der Waals surface area contributed by atoms with Gasteiger partial charge in [0.1, 0.15) is 12.1 Å². The summed E-state index contributed by atoms with van der Waals surface area (Å²) in [5.41, 5.74) is 1.95. The molecule has 1 amide bonds. The van der Waals surface area contributed by atoms with Gasteiger partial charge in [-0.25, -0.2) is 4.68 Å². The van der Waals surface area contributed by atoms with E-state index >= 15 is 0 Å². The first-order valence-electron chi connectivity index (χ1n) is 9.68. The molecular formula is C20H21N5O3S. The number of hydrogen-bond acceptors (Lipinski definition) is 7. The fraction of sp³-hybridized carbons (Fsp3) is 0.400. The van der Waals surface area contributed by atoms with E-state index < -0.39 is 0 Å². The van der Waals surface area contributed by atoms with E-state index in [1.54, 1.807) is 4.68 Å². The van der Waals surface area contributed by atoms with Crippen LogP contribution in [0.15, 0.2) is 42.0 Å². The molecule has 0 radical (unpaired) electrons. The molecule has 2 aliphatic heterocycles. The van der Waals surface area contributed by atoms with Crippen molar-refractivity contribution < 1.29 is 14.3 Å². The maximum absolute atomic E-state index is 12.6. The summed E-state index contributed by atoms with van der Waals surface area (Å²) in [7, 11) is 0. The van der Waals surface area contributed by atoms with E-state index in [4.69, 9.17) is 9.47 Å². The van der Waals surface area contributed by atoms with Crippen molar-refractivity contribution in [3.05, 3.63) is 52.5 Å². The third-order valence-electron chi connectivity index (χ3n) is 5.68. The zero-order valence-corrected chi connectivity index (χ0v) is 16.7. The minimum atomic E-state index is -0.211. The second-order valence-electron chi connectivity index (χ2n) is 7.27. The van der Waals surface area contributed by atoms with E-state index in [1.165, 1.54) is 16.8 Å². The van der Waals surface area contributed by atoms with Crippen LogP contribution in [0.3, 0.4) is 0 Å². The summed E-state index contributed by atoms with van der Waals surface area (Å²) in [4.78, 5) is 15.9. The fourth-order valence-electron chi connectivity index (χ4n) is 4.10. The summed E-state index contributed by atoms with van der Waals surface area (Å²) in [6.07, 6.45) is 4.20. The Morgan fingerprint density at radius 3 is 2.79 bits per heavy atom. The van der Waals surface area contributed by atoms with Gasteiger partial charge >= 0.3 is 0 Å². The summed E-state index contributed by atoms with van der Waals surface area (Å²) < 4.78 is 13.5. The average Bonchev–Trinajstić information content (AvgIpc) is 3.46. The summed E-state index contributed by atoms with van der Waals surface area (Å²) in [6, 6.07) is 9.51. The van der Waals surface area contributed by atoms with E-state index in [0.29, 0.717) is 18.8 Å². The minimum absolute atomic E-state index is 0.00533. The monoisotopic (exact) mass is 411 g/mol. The number of nitrogens with zero attached hydrogens (tertiary/aromatic N) is 5. The van der Waals surface area contributed by atoms with E-state index in [-0.39, 0.29) is 18.1 Å². The third-order valence-corrected chi connectivity index (χ3v) is 6.66. The number of piperidine rings is 1. The van der Waals surface area contributed by atoms with Gasteiger partial charge in [0.15, 0.2) is 6.61 Å². The van der Waals surface area contributed by atoms with E-state index in [0.717, 1.165) is 31.6 Å². The highest BCUT2D eigenvalue weighted by Gasteiger charge is 2.42. The molecule has 1 aromatic carbocycles. The van der Waals surface area contributed by atoms with Crippen molar-refractivity contribution in [3.8, 4) is 11.4 Å². The third kappa shape index (κ3) is 3.51. The lowest BCUT2D eigenvalue weighted by Crippen LogP contribution is -2.49. The summed E-state index contributed by atoms with van der Waals surface area (Å²) in [5.74, 6) is 0.646. The van der Waals surface area contributed by atoms with Gasteiger partial charge in [-0.05, 0) is 64.5 Å². The van der Waals surface area contributed by atoms with Crippen molar-refractivity contribution >= 4 is 17.2 Å². The first-order chi connectivity index (χ1) is 14.2. The van der Waals surface area contributed by atoms with Crippen LogP contribution in [-0.2, 0) is 21.6 Å². The standard InChI is InChI=1S/C20H21N5O3S/c26-19(13-27-16-3-1-15(2-4-16)25-14-21-22-23-25)24-9-7-20(8-10-24)17-6-12-29-18(17)5-11-28-20/h1-4,6,12,14H,5,7-11,13H2. The number of amides is 1. The van der Waals surface area contributed by atoms with Crippen LogP contribution in [0, 0.1) is 0 Å². The summed E-state index contributed by atoms with van der Waals surface area (Å²) in [6.45, 7) is 2.18. The molecule has 1 saturated heterocycles. The smallest absolute Gasteiger partial charge is 0.260 e. The molecule has 29 heavy (non-hydrogen) atoms. The molecule has 9 heteroatoms. The van der Waals surface area contributed by atoms with Gasteiger partial charge in [-0.3, -0.25) is 4.79 Å². The molecule has 2 aliphatic rings. The Morgan fingerprint density at radius 2 is 2.03 bits per heavy atom. The SMILES string of the molecule is O=C(COc1ccc(-n2cnnn2)cc1)N1CCC2(CC1)OCCc1sccc12. The number of rotatable bonds is 4. The van der Waals surface area contributed by atoms with Gasteiger partial charge in [0.05, 0.1) is 17.9 Å². The number of fused-ring (bicyclic) bond motifs is 2. The molecule has 1 fully saturated rings. The van der Waals surface area contributed by atoms with Gasteiger partial charge in [-0.1, -0.05) is 0 Å². The molecule has 2 aromatic heterocycles. The van der Waals surface area contributed by atoms with Gasteiger partial charge in [0, 0.05) is 24.4 Å².